The molecule has 0 aliphatic carbocycles. The van der Waals surface area contributed by atoms with E-state index < -0.39 is 0 Å². The van der Waals surface area contributed by atoms with Crippen LogP contribution >= 0.6 is 0 Å². The van der Waals surface area contributed by atoms with Crippen LogP contribution in [0.1, 0.15) is 43.7 Å². The Morgan fingerprint density at radius 3 is 2.95 bits per heavy atom. The van der Waals surface area contributed by atoms with Crippen LogP contribution in [-0.4, -0.2) is 23.3 Å². The van der Waals surface area contributed by atoms with Crippen LogP contribution in [0.15, 0.2) is 18.2 Å². The smallest absolute Gasteiger partial charge is 0.131 e. The Kier molecular flexibility index (Phi) is 4.86. The van der Waals surface area contributed by atoms with Crippen molar-refractivity contribution in [2.45, 2.75) is 45.2 Å². The molecule has 1 atom stereocenters. The van der Waals surface area contributed by atoms with Gasteiger partial charge in [-0.15, -0.1) is 0 Å². The molecule has 1 fully saturated rings. The van der Waals surface area contributed by atoms with E-state index >= 15 is 0 Å². The van der Waals surface area contributed by atoms with E-state index in [2.05, 4.69) is 4.90 Å². The molecule has 0 N–H and O–H groups in total. The van der Waals surface area contributed by atoms with E-state index in [4.69, 9.17) is 5.26 Å². The predicted molar refractivity (Wildman–Crippen MR) is 74.5 cm³/mol. The molecular formula is C16H19FN2O. The Morgan fingerprint density at radius 1 is 1.50 bits per heavy atom. The van der Waals surface area contributed by atoms with E-state index in [-0.39, 0.29) is 17.6 Å². The standard InChI is InChI=1S/C16H19FN2O/c1-12(20)8-15-4-2-3-7-19(15)11-14-6-5-13(10-18)9-16(14)17/h5-6,9,15H,2-4,7-8,11H2,1H3. The average molecular weight is 274 g/mol. The lowest BCUT2D eigenvalue weighted by Crippen LogP contribution is -2.40. The van der Waals surface area contributed by atoms with E-state index in [0.717, 1.165) is 25.8 Å². The van der Waals surface area contributed by atoms with Crippen LogP contribution in [0.5, 0.6) is 0 Å². The lowest BCUT2D eigenvalue weighted by molar-refractivity contribution is -0.118. The maximum Gasteiger partial charge on any atom is 0.131 e. The summed E-state index contributed by atoms with van der Waals surface area (Å²) in [6.45, 7) is 3.02. The van der Waals surface area contributed by atoms with E-state index in [0.29, 0.717) is 24.1 Å². The highest BCUT2D eigenvalue weighted by Crippen LogP contribution is 2.23. The molecule has 1 unspecified atom stereocenters. The minimum atomic E-state index is -0.337. The van der Waals surface area contributed by atoms with Gasteiger partial charge in [0.15, 0.2) is 0 Å². The number of ketones is 1. The summed E-state index contributed by atoms with van der Waals surface area (Å²) in [6, 6.07) is 6.75. The van der Waals surface area contributed by atoms with Crippen molar-refractivity contribution in [3.05, 3.63) is 35.1 Å². The molecule has 1 aliphatic rings. The first-order chi connectivity index (χ1) is 9.60. The average Bonchev–Trinajstić information content (AvgIpc) is 2.42. The first kappa shape index (κ1) is 14.7. The number of hydrogen-bond donors (Lipinski definition) is 0. The highest BCUT2D eigenvalue weighted by Gasteiger charge is 2.24. The summed E-state index contributed by atoms with van der Waals surface area (Å²) in [5.74, 6) is -0.154. The number of halogens is 1. The van der Waals surface area contributed by atoms with Crippen molar-refractivity contribution in [2.24, 2.45) is 0 Å². The Labute approximate surface area is 119 Å². The van der Waals surface area contributed by atoms with E-state index in [1.807, 2.05) is 6.07 Å². The molecule has 0 aromatic heterocycles. The quantitative estimate of drug-likeness (QED) is 0.847. The number of Topliss-reactive ketones (excluding diaryl/α,β-unsaturated/α-hetero) is 1. The van der Waals surface area contributed by atoms with Gasteiger partial charge >= 0.3 is 0 Å². The first-order valence-electron chi connectivity index (χ1n) is 7.02. The number of hydrogen-bond acceptors (Lipinski definition) is 3. The molecule has 2 rings (SSSR count). The molecule has 106 valence electrons. The maximum atomic E-state index is 13.9. The number of piperidine rings is 1. The summed E-state index contributed by atoms with van der Waals surface area (Å²) in [7, 11) is 0. The van der Waals surface area contributed by atoms with Crippen molar-refractivity contribution < 1.29 is 9.18 Å². The zero-order chi connectivity index (χ0) is 14.5. The molecule has 0 radical (unpaired) electrons. The van der Waals surface area contributed by atoms with Crippen LogP contribution in [0.25, 0.3) is 0 Å². The van der Waals surface area contributed by atoms with Gasteiger partial charge in [0.25, 0.3) is 0 Å². The summed E-state index contributed by atoms with van der Waals surface area (Å²) in [6.07, 6.45) is 3.76. The molecule has 20 heavy (non-hydrogen) atoms. The fraction of sp³-hybridized carbons (Fsp3) is 0.500. The van der Waals surface area contributed by atoms with Gasteiger partial charge in [0, 0.05) is 24.6 Å². The van der Waals surface area contributed by atoms with Crippen molar-refractivity contribution in [3.63, 3.8) is 0 Å². The molecule has 4 heteroatoms. The van der Waals surface area contributed by atoms with Gasteiger partial charge in [0.05, 0.1) is 11.6 Å². The van der Waals surface area contributed by atoms with Crippen molar-refractivity contribution in [2.75, 3.05) is 6.54 Å². The minimum Gasteiger partial charge on any atom is -0.300 e. The molecule has 1 aliphatic heterocycles. The monoisotopic (exact) mass is 274 g/mol. The number of carbonyl (C=O) groups is 1. The second-order valence-corrected chi connectivity index (χ2v) is 5.44. The fourth-order valence-corrected chi connectivity index (χ4v) is 2.80. The SMILES string of the molecule is CC(=O)CC1CCCCN1Cc1ccc(C#N)cc1F. The van der Waals surface area contributed by atoms with Gasteiger partial charge in [-0.2, -0.15) is 5.26 Å². The van der Waals surface area contributed by atoms with Gasteiger partial charge in [0.2, 0.25) is 0 Å². The Morgan fingerprint density at radius 2 is 2.30 bits per heavy atom. The van der Waals surface area contributed by atoms with Crippen LogP contribution in [0.3, 0.4) is 0 Å². The lowest BCUT2D eigenvalue weighted by atomic mass is 9.97. The Hall–Kier alpha value is -1.73. The van der Waals surface area contributed by atoms with Gasteiger partial charge in [-0.25, -0.2) is 4.39 Å². The second-order valence-electron chi connectivity index (χ2n) is 5.44. The molecule has 0 bridgehead atoms. The molecule has 0 spiro atoms. The van der Waals surface area contributed by atoms with Gasteiger partial charge in [0.1, 0.15) is 11.6 Å². The maximum absolute atomic E-state index is 13.9. The van der Waals surface area contributed by atoms with Crippen LogP contribution in [0.4, 0.5) is 4.39 Å². The van der Waals surface area contributed by atoms with E-state index in [1.54, 1.807) is 19.1 Å². The van der Waals surface area contributed by atoms with E-state index in [9.17, 15) is 9.18 Å². The van der Waals surface area contributed by atoms with Crippen LogP contribution in [0, 0.1) is 17.1 Å². The van der Waals surface area contributed by atoms with Gasteiger partial charge in [-0.1, -0.05) is 12.5 Å². The number of carbonyl (C=O) groups excluding carboxylic acids is 1. The molecule has 0 amide bonds. The van der Waals surface area contributed by atoms with Crippen LogP contribution < -0.4 is 0 Å². The third kappa shape index (κ3) is 3.64. The van der Waals surface area contributed by atoms with Crippen molar-refractivity contribution in [1.82, 2.24) is 4.90 Å². The van der Waals surface area contributed by atoms with Crippen molar-refractivity contribution in [1.29, 1.82) is 5.26 Å². The largest absolute Gasteiger partial charge is 0.300 e. The number of nitrogens with zero attached hydrogens (tertiary/aromatic N) is 2. The second kappa shape index (κ2) is 6.62. The highest BCUT2D eigenvalue weighted by molar-refractivity contribution is 5.76. The number of nitriles is 1. The normalized spacial score (nSPS) is 19.6. The summed E-state index contributed by atoms with van der Waals surface area (Å²) in [5, 5.41) is 8.75. The predicted octanol–water partition coefficient (Wildman–Crippen LogP) is 3.03. The lowest BCUT2D eigenvalue weighted by Gasteiger charge is -2.35. The molecule has 1 heterocycles. The molecular weight excluding hydrogens is 255 g/mol. The van der Waals surface area contributed by atoms with Gasteiger partial charge in [-0.3, -0.25) is 9.69 Å². The van der Waals surface area contributed by atoms with E-state index in [1.165, 1.54) is 6.07 Å². The number of likely N-dealkylation sites (tertiary alicyclic amines) is 1. The molecule has 1 aromatic rings. The summed E-state index contributed by atoms with van der Waals surface area (Å²) < 4.78 is 13.9. The van der Waals surface area contributed by atoms with Crippen LogP contribution in [-0.2, 0) is 11.3 Å². The van der Waals surface area contributed by atoms with Crippen molar-refractivity contribution >= 4 is 5.78 Å². The number of benzene rings is 1. The first-order valence-corrected chi connectivity index (χ1v) is 7.02. The fourth-order valence-electron chi connectivity index (χ4n) is 2.80. The Balaban J connectivity index is 2.10. The minimum absolute atomic E-state index is 0.183. The molecule has 3 nitrogen and oxygen atoms in total. The van der Waals surface area contributed by atoms with Gasteiger partial charge in [-0.05, 0) is 38.4 Å². The number of rotatable bonds is 4. The summed E-state index contributed by atoms with van der Waals surface area (Å²) in [5.41, 5.74) is 0.935. The Bertz CT molecular complexity index is 536. The highest BCUT2D eigenvalue weighted by atomic mass is 19.1. The zero-order valence-corrected chi connectivity index (χ0v) is 11.7. The van der Waals surface area contributed by atoms with Crippen molar-refractivity contribution in [3.8, 4) is 6.07 Å². The molecule has 0 saturated carbocycles. The molecule has 1 saturated heterocycles. The summed E-state index contributed by atoms with van der Waals surface area (Å²) in [4.78, 5) is 13.5. The third-order valence-corrected chi connectivity index (χ3v) is 3.83. The zero-order valence-electron chi connectivity index (χ0n) is 11.7. The third-order valence-electron chi connectivity index (χ3n) is 3.83. The topological polar surface area (TPSA) is 44.1 Å². The van der Waals surface area contributed by atoms with Gasteiger partial charge < -0.3 is 0 Å². The molecule has 1 aromatic carbocycles. The summed E-state index contributed by atoms with van der Waals surface area (Å²) >= 11 is 0. The van der Waals surface area contributed by atoms with Crippen LogP contribution in [0.2, 0.25) is 0 Å².